The zero-order valence-corrected chi connectivity index (χ0v) is 13.5. The fourth-order valence-electron chi connectivity index (χ4n) is 2.67. The molecule has 2 N–H and O–H groups in total. The minimum absolute atomic E-state index is 0.239. The van der Waals surface area contributed by atoms with Gasteiger partial charge in [-0.15, -0.1) is 0 Å². The molecule has 0 spiro atoms. The van der Waals surface area contributed by atoms with Gasteiger partial charge in [-0.3, -0.25) is 0 Å². The number of ether oxygens (including phenoxy) is 1. The van der Waals surface area contributed by atoms with E-state index >= 15 is 0 Å². The van der Waals surface area contributed by atoms with Crippen LogP contribution >= 0.6 is 0 Å². The molecule has 6 nitrogen and oxygen atoms in total. The number of aryl methyl sites for hydroxylation is 1. The van der Waals surface area contributed by atoms with Gasteiger partial charge in [0.2, 0.25) is 5.89 Å². The van der Waals surface area contributed by atoms with Crippen LogP contribution in [0.15, 0.2) is 4.52 Å². The maximum absolute atomic E-state index is 10.1. The van der Waals surface area contributed by atoms with E-state index in [4.69, 9.17) is 9.26 Å². The molecule has 0 bridgehead atoms. The van der Waals surface area contributed by atoms with Gasteiger partial charge in [0.1, 0.15) is 0 Å². The third kappa shape index (κ3) is 4.49. The maximum Gasteiger partial charge on any atom is 0.223 e. The zero-order valence-electron chi connectivity index (χ0n) is 13.5. The molecule has 0 aliphatic heterocycles. The van der Waals surface area contributed by atoms with Crippen LogP contribution < -0.4 is 5.32 Å². The monoisotopic (exact) mass is 297 g/mol. The van der Waals surface area contributed by atoms with Gasteiger partial charge >= 0.3 is 0 Å². The standard InChI is InChI=1S/C15H27N3O3/c1-11-17-13(18-21-11)15(7-5-6-8-15)16-9-12(19)10-20-14(2,3)4/h12,16,19H,5-10H2,1-4H3. The van der Waals surface area contributed by atoms with Crippen molar-refractivity contribution in [3.8, 4) is 0 Å². The zero-order chi connectivity index (χ0) is 15.5. The third-order valence-electron chi connectivity index (χ3n) is 3.80. The van der Waals surface area contributed by atoms with E-state index < -0.39 is 6.10 Å². The molecule has 1 fully saturated rings. The summed E-state index contributed by atoms with van der Waals surface area (Å²) in [6.07, 6.45) is 3.66. The molecule has 2 rings (SSSR count). The summed E-state index contributed by atoms with van der Waals surface area (Å²) in [5, 5.41) is 17.6. The van der Waals surface area contributed by atoms with Crippen LogP contribution in [0.2, 0.25) is 0 Å². The normalized spacial score (nSPS) is 19.9. The van der Waals surface area contributed by atoms with Crippen molar-refractivity contribution in [3.05, 3.63) is 11.7 Å². The van der Waals surface area contributed by atoms with Gasteiger partial charge in [0.15, 0.2) is 5.82 Å². The second-order valence-electron chi connectivity index (χ2n) is 6.88. The Labute approximate surface area is 126 Å². The molecular weight excluding hydrogens is 270 g/mol. The second kappa shape index (κ2) is 6.42. The maximum atomic E-state index is 10.1. The molecule has 1 heterocycles. The van der Waals surface area contributed by atoms with E-state index in [0.29, 0.717) is 24.9 Å². The second-order valence-corrected chi connectivity index (χ2v) is 6.88. The predicted octanol–water partition coefficient (Wildman–Crippen LogP) is 1.91. The van der Waals surface area contributed by atoms with Crippen LogP contribution in [0.4, 0.5) is 0 Å². The average molecular weight is 297 g/mol. The molecule has 1 aromatic rings. The lowest BCUT2D eigenvalue weighted by atomic mass is 9.96. The van der Waals surface area contributed by atoms with Gasteiger partial charge < -0.3 is 19.7 Å². The lowest BCUT2D eigenvalue weighted by molar-refractivity contribution is -0.0495. The van der Waals surface area contributed by atoms with Gasteiger partial charge in [0.05, 0.1) is 23.9 Å². The van der Waals surface area contributed by atoms with E-state index in [0.717, 1.165) is 25.7 Å². The van der Waals surface area contributed by atoms with Crippen molar-refractivity contribution in [2.45, 2.75) is 70.6 Å². The summed E-state index contributed by atoms with van der Waals surface area (Å²) in [7, 11) is 0. The van der Waals surface area contributed by atoms with Gasteiger partial charge in [-0.1, -0.05) is 18.0 Å². The van der Waals surface area contributed by atoms with E-state index in [1.165, 1.54) is 0 Å². The van der Waals surface area contributed by atoms with E-state index in [9.17, 15) is 5.11 Å². The predicted molar refractivity (Wildman–Crippen MR) is 78.9 cm³/mol. The third-order valence-corrected chi connectivity index (χ3v) is 3.80. The molecule has 1 atom stereocenters. The van der Waals surface area contributed by atoms with Crippen LogP contribution in [0, 0.1) is 6.92 Å². The minimum atomic E-state index is -0.547. The number of aliphatic hydroxyl groups is 1. The van der Waals surface area contributed by atoms with Crippen molar-refractivity contribution in [1.82, 2.24) is 15.5 Å². The molecular formula is C15H27N3O3. The molecule has 120 valence electrons. The quantitative estimate of drug-likeness (QED) is 0.835. The summed E-state index contributed by atoms with van der Waals surface area (Å²) < 4.78 is 10.7. The largest absolute Gasteiger partial charge is 0.389 e. The molecule has 0 saturated heterocycles. The Bertz CT molecular complexity index is 447. The van der Waals surface area contributed by atoms with Crippen molar-refractivity contribution in [2.75, 3.05) is 13.2 Å². The molecule has 1 saturated carbocycles. The Morgan fingerprint density at radius 3 is 2.57 bits per heavy atom. The topological polar surface area (TPSA) is 80.4 Å². The highest BCUT2D eigenvalue weighted by Crippen LogP contribution is 2.37. The van der Waals surface area contributed by atoms with Gasteiger partial charge in [0, 0.05) is 13.5 Å². The van der Waals surface area contributed by atoms with E-state index in [1.807, 2.05) is 20.8 Å². The Hall–Kier alpha value is -0.980. The molecule has 1 aliphatic rings. The summed E-state index contributed by atoms with van der Waals surface area (Å²) in [6, 6.07) is 0. The average Bonchev–Trinajstić information content (AvgIpc) is 3.02. The highest BCUT2D eigenvalue weighted by atomic mass is 16.5. The number of hydrogen-bond acceptors (Lipinski definition) is 6. The lowest BCUT2D eigenvalue weighted by Crippen LogP contribution is -2.46. The Morgan fingerprint density at radius 1 is 1.38 bits per heavy atom. The Morgan fingerprint density at radius 2 is 2.05 bits per heavy atom. The van der Waals surface area contributed by atoms with Crippen molar-refractivity contribution < 1.29 is 14.4 Å². The number of hydrogen-bond donors (Lipinski definition) is 2. The van der Waals surface area contributed by atoms with Crippen LogP contribution in [0.5, 0.6) is 0 Å². The first-order chi connectivity index (χ1) is 9.81. The molecule has 0 radical (unpaired) electrons. The SMILES string of the molecule is Cc1nc(C2(NCC(O)COC(C)(C)C)CCCC2)no1. The smallest absolute Gasteiger partial charge is 0.223 e. The molecule has 6 heteroatoms. The highest BCUT2D eigenvalue weighted by Gasteiger charge is 2.39. The summed E-state index contributed by atoms with van der Waals surface area (Å²) in [5.41, 5.74) is -0.503. The van der Waals surface area contributed by atoms with E-state index in [-0.39, 0.29) is 11.1 Å². The Kier molecular flexibility index (Phi) is 5.01. The number of rotatable bonds is 6. The summed E-state index contributed by atoms with van der Waals surface area (Å²) in [6.45, 7) is 8.52. The van der Waals surface area contributed by atoms with Crippen LogP contribution in [0.25, 0.3) is 0 Å². The molecule has 1 aliphatic carbocycles. The van der Waals surface area contributed by atoms with Crippen LogP contribution in [-0.4, -0.2) is 40.1 Å². The first kappa shape index (κ1) is 16.4. The van der Waals surface area contributed by atoms with Gasteiger partial charge in [-0.25, -0.2) is 0 Å². The summed E-state index contributed by atoms with van der Waals surface area (Å²) in [5.74, 6) is 1.29. The summed E-state index contributed by atoms with van der Waals surface area (Å²) >= 11 is 0. The van der Waals surface area contributed by atoms with Crippen LogP contribution in [0.1, 0.15) is 58.2 Å². The molecule has 1 unspecified atom stereocenters. The number of aliphatic hydroxyl groups excluding tert-OH is 1. The van der Waals surface area contributed by atoms with Gasteiger partial charge in [-0.2, -0.15) is 4.98 Å². The van der Waals surface area contributed by atoms with Crippen molar-refractivity contribution in [2.24, 2.45) is 0 Å². The number of nitrogens with one attached hydrogen (secondary N) is 1. The summed E-state index contributed by atoms with van der Waals surface area (Å²) in [4.78, 5) is 4.37. The van der Waals surface area contributed by atoms with Crippen LogP contribution in [-0.2, 0) is 10.3 Å². The fraction of sp³-hybridized carbons (Fsp3) is 0.867. The fourth-order valence-corrected chi connectivity index (χ4v) is 2.67. The van der Waals surface area contributed by atoms with Crippen LogP contribution in [0.3, 0.4) is 0 Å². The van der Waals surface area contributed by atoms with E-state index in [2.05, 4.69) is 15.5 Å². The number of nitrogens with zero attached hydrogens (tertiary/aromatic N) is 2. The number of aromatic nitrogens is 2. The molecule has 0 amide bonds. The first-order valence-electron chi connectivity index (χ1n) is 7.69. The highest BCUT2D eigenvalue weighted by molar-refractivity contribution is 5.08. The van der Waals surface area contributed by atoms with E-state index in [1.54, 1.807) is 6.92 Å². The molecule has 21 heavy (non-hydrogen) atoms. The minimum Gasteiger partial charge on any atom is -0.389 e. The first-order valence-corrected chi connectivity index (χ1v) is 7.69. The van der Waals surface area contributed by atoms with Gasteiger partial charge in [-0.05, 0) is 33.6 Å². The molecule has 0 aromatic carbocycles. The Balaban J connectivity index is 1.92. The van der Waals surface area contributed by atoms with Crippen molar-refractivity contribution >= 4 is 0 Å². The van der Waals surface area contributed by atoms with Crippen molar-refractivity contribution in [1.29, 1.82) is 0 Å². The van der Waals surface area contributed by atoms with Gasteiger partial charge in [0.25, 0.3) is 0 Å². The van der Waals surface area contributed by atoms with Crippen molar-refractivity contribution in [3.63, 3.8) is 0 Å². The lowest BCUT2D eigenvalue weighted by Gasteiger charge is -2.29. The molecule has 1 aromatic heterocycles.